The normalized spacial score (nSPS) is 11.1. The Morgan fingerprint density at radius 1 is 1.05 bits per heavy atom. The van der Waals surface area contributed by atoms with Gasteiger partial charge >= 0.3 is 0 Å². The summed E-state index contributed by atoms with van der Waals surface area (Å²) >= 11 is 19.7. The van der Waals surface area contributed by atoms with Gasteiger partial charge in [-0.15, -0.1) is 0 Å². The van der Waals surface area contributed by atoms with Crippen LogP contribution in [0.3, 0.4) is 0 Å². The minimum atomic E-state index is 0.515. The number of aromatic nitrogens is 2. The van der Waals surface area contributed by atoms with Crippen molar-refractivity contribution in [1.82, 2.24) is 9.55 Å². The smallest absolute Gasteiger partial charge is 0.182 e. The zero-order valence-electron chi connectivity index (χ0n) is 9.45. The summed E-state index contributed by atoms with van der Waals surface area (Å²) in [5.74, 6) is 0. The molecule has 0 saturated heterocycles. The Labute approximate surface area is 138 Å². The van der Waals surface area contributed by atoms with Crippen molar-refractivity contribution >= 4 is 69.0 Å². The van der Waals surface area contributed by atoms with E-state index < -0.39 is 0 Å². The number of hydrogen-bond donors (Lipinski definition) is 1. The van der Waals surface area contributed by atoms with Gasteiger partial charge in [0.15, 0.2) is 4.77 Å². The predicted molar refractivity (Wildman–Crippen MR) is 91.2 cm³/mol. The lowest BCUT2D eigenvalue weighted by Crippen LogP contribution is -1.93. The molecule has 3 aromatic rings. The first-order valence-electron chi connectivity index (χ1n) is 5.42. The van der Waals surface area contributed by atoms with Gasteiger partial charge in [-0.05, 0) is 71.2 Å². The number of rotatable bonds is 1. The van der Waals surface area contributed by atoms with E-state index in [2.05, 4.69) is 33.6 Å². The molecule has 0 unspecified atom stereocenters. The first kappa shape index (κ1) is 13.4. The van der Waals surface area contributed by atoms with Gasteiger partial charge in [-0.2, -0.15) is 0 Å². The highest BCUT2D eigenvalue weighted by Crippen LogP contribution is 2.27. The van der Waals surface area contributed by atoms with Crippen LogP contribution < -0.4 is 0 Å². The maximum Gasteiger partial charge on any atom is 0.182 e. The summed E-state index contributed by atoms with van der Waals surface area (Å²) < 4.78 is 3.74. The zero-order chi connectivity index (χ0) is 13.6. The molecule has 19 heavy (non-hydrogen) atoms. The minimum Gasteiger partial charge on any atom is -0.330 e. The largest absolute Gasteiger partial charge is 0.330 e. The molecule has 0 aliphatic rings. The molecule has 3 rings (SSSR count). The number of aromatic amines is 1. The van der Waals surface area contributed by atoms with Gasteiger partial charge in [0.05, 0.1) is 26.8 Å². The van der Waals surface area contributed by atoms with Gasteiger partial charge in [0.1, 0.15) is 0 Å². The second-order valence-electron chi connectivity index (χ2n) is 4.03. The van der Waals surface area contributed by atoms with Crippen LogP contribution in [0.25, 0.3) is 16.7 Å². The third kappa shape index (κ3) is 2.42. The topological polar surface area (TPSA) is 20.7 Å². The van der Waals surface area contributed by atoms with Crippen LogP contribution in [0.1, 0.15) is 0 Å². The van der Waals surface area contributed by atoms with Gasteiger partial charge in [0.2, 0.25) is 0 Å². The molecule has 2 nitrogen and oxygen atoms in total. The van der Waals surface area contributed by atoms with Crippen LogP contribution in [-0.2, 0) is 0 Å². The molecule has 6 heteroatoms. The molecule has 0 atom stereocenters. The second-order valence-corrected chi connectivity index (χ2v) is 6.47. The van der Waals surface area contributed by atoms with Gasteiger partial charge in [0, 0.05) is 3.57 Å². The minimum absolute atomic E-state index is 0.515. The fraction of sp³-hybridized carbons (Fsp3) is 0. The molecule has 0 spiro atoms. The quantitative estimate of drug-likeness (QED) is 0.401. The van der Waals surface area contributed by atoms with Gasteiger partial charge in [-0.1, -0.05) is 23.2 Å². The van der Waals surface area contributed by atoms with Crippen LogP contribution in [0.2, 0.25) is 10.0 Å². The molecule has 1 aromatic heterocycles. The Balaban J connectivity index is 2.32. The fourth-order valence-electron chi connectivity index (χ4n) is 1.96. The number of halogens is 3. The summed E-state index contributed by atoms with van der Waals surface area (Å²) in [7, 11) is 0. The van der Waals surface area contributed by atoms with Gasteiger partial charge in [-0.3, -0.25) is 4.57 Å². The number of H-pyrrole nitrogens is 1. The van der Waals surface area contributed by atoms with E-state index in [1.54, 1.807) is 6.07 Å². The van der Waals surface area contributed by atoms with E-state index >= 15 is 0 Å². The van der Waals surface area contributed by atoms with E-state index in [1.165, 1.54) is 0 Å². The third-order valence-corrected chi connectivity index (χ3v) is 4.50. The zero-order valence-corrected chi connectivity index (χ0v) is 13.9. The van der Waals surface area contributed by atoms with E-state index in [1.807, 2.05) is 28.8 Å². The Kier molecular flexibility index (Phi) is 3.59. The lowest BCUT2D eigenvalue weighted by Gasteiger charge is -2.06. The van der Waals surface area contributed by atoms with Crippen molar-refractivity contribution in [2.24, 2.45) is 0 Å². The Bertz CT molecular complexity index is 838. The average Bonchev–Trinajstić information content (AvgIpc) is 2.68. The van der Waals surface area contributed by atoms with Crippen LogP contribution in [0.4, 0.5) is 0 Å². The number of nitrogens with one attached hydrogen (secondary N) is 1. The fourth-order valence-corrected chi connectivity index (χ4v) is 3.06. The van der Waals surface area contributed by atoms with E-state index in [9.17, 15) is 0 Å². The SMILES string of the molecule is S=c1[nH]c2cc(I)ccc2n1-c1ccc(Cl)c(Cl)c1. The number of benzene rings is 2. The van der Waals surface area contributed by atoms with Crippen molar-refractivity contribution < 1.29 is 0 Å². The number of hydrogen-bond acceptors (Lipinski definition) is 1. The molecular weight excluding hydrogens is 414 g/mol. The molecule has 2 aromatic carbocycles. The Hall–Kier alpha value is -0.560. The first-order chi connectivity index (χ1) is 9.06. The van der Waals surface area contributed by atoms with Crippen molar-refractivity contribution in [2.45, 2.75) is 0 Å². The summed E-state index contributed by atoms with van der Waals surface area (Å²) in [5, 5.41) is 1.05. The number of imidazole rings is 1. The lowest BCUT2D eigenvalue weighted by atomic mass is 10.3. The molecule has 0 saturated carbocycles. The molecule has 0 aliphatic heterocycles. The van der Waals surface area contributed by atoms with Crippen molar-refractivity contribution in [3.63, 3.8) is 0 Å². The molecule has 96 valence electrons. The predicted octanol–water partition coefficient (Wildman–Crippen LogP) is 5.60. The number of nitrogens with zero attached hydrogens (tertiary/aromatic N) is 1. The van der Waals surface area contributed by atoms with Crippen molar-refractivity contribution in [3.05, 3.63) is 54.8 Å². The maximum atomic E-state index is 6.07. The summed E-state index contributed by atoms with van der Waals surface area (Å²) in [6.07, 6.45) is 0. The van der Waals surface area contributed by atoms with Crippen molar-refractivity contribution in [2.75, 3.05) is 0 Å². The van der Waals surface area contributed by atoms with Gasteiger partial charge in [-0.25, -0.2) is 0 Å². The van der Waals surface area contributed by atoms with Crippen LogP contribution in [0.5, 0.6) is 0 Å². The van der Waals surface area contributed by atoms with Crippen LogP contribution >= 0.6 is 58.0 Å². The molecule has 1 heterocycles. The monoisotopic (exact) mass is 420 g/mol. The highest BCUT2D eigenvalue weighted by molar-refractivity contribution is 14.1. The maximum absolute atomic E-state index is 6.07. The summed E-state index contributed by atoms with van der Waals surface area (Å²) in [5.41, 5.74) is 2.92. The van der Waals surface area contributed by atoms with Gasteiger partial charge in [0.25, 0.3) is 0 Å². The van der Waals surface area contributed by atoms with E-state index in [4.69, 9.17) is 35.4 Å². The summed E-state index contributed by atoms with van der Waals surface area (Å²) in [6, 6.07) is 11.6. The number of fused-ring (bicyclic) bond motifs is 1. The standard InChI is InChI=1S/C13H7Cl2IN2S/c14-9-3-2-8(6-10(9)15)18-12-4-1-7(16)5-11(12)17-13(18)19/h1-6H,(H,17,19). The highest BCUT2D eigenvalue weighted by Gasteiger charge is 2.08. The summed E-state index contributed by atoms with van der Waals surface area (Å²) in [6.45, 7) is 0. The van der Waals surface area contributed by atoms with Crippen LogP contribution in [0, 0.1) is 8.34 Å². The molecule has 0 radical (unpaired) electrons. The van der Waals surface area contributed by atoms with E-state index in [0.29, 0.717) is 14.8 Å². The highest BCUT2D eigenvalue weighted by atomic mass is 127. The second kappa shape index (κ2) is 5.09. The van der Waals surface area contributed by atoms with Crippen LogP contribution in [-0.4, -0.2) is 9.55 Å². The van der Waals surface area contributed by atoms with E-state index in [0.717, 1.165) is 20.3 Å². The lowest BCUT2D eigenvalue weighted by molar-refractivity contribution is 1.07. The van der Waals surface area contributed by atoms with E-state index in [-0.39, 0.29) is 0 Å². The van der Waals surface area contributed by atoms with Crippen LogP contribution in [0.15, 0.2) is 36.4 Å². The molecule has 0 aliphatic carbocycles. The summed E-state index contributed by atoms with van der Waals surface area (Å²) in [4.78, 5) is 3.20. The Morgan fingerprint density at radius 3 is 2.58 bits per heavy atom. The molecule has 1 N–H and O–H groups in total. The van der Waals surface area contributed by atoms with Gasteiger partial charge < -0.3 is 4.98 Å². The average molecular weight is 421 g/mol. The Morgan fingerprint density at radius 2 is 1.84 bits per heavy atom. The van der Waals surface area contributed by atoms with Crippen molar-refractivity contribution in [3.8, 4) is 5.69 Å². The molecule has 0 fully saturated rings. The first-order valence-corrected chi connectivity index (χ1v) is 7.66. The van der Waals surface area contributed by atoms with Crippen molar-refractivity contribution in [1.29, 1.82) is 0 Å². The third-order valence-electron chi connectivity index (χ3n) is 2.81. The molecular formula is C13H7Cl2IN2S. The molecule has 0 bridgehead atoms. The molecule has 0 amide bonds.